The Bertz CT molecular complexity index is 3200. The minimum Gasteiger partial charge on any atom is -0.310 e. The number of nitrogens with zero attached hydrogens (tertiary/aromatic N) is 1. The van der Waals surface area contributed by atoms with Gasteiger partial charge in [-0.25, -0.2) is 0 Å². The van der Waals surface area contributed by atoms with E-state index in [1.54, 1.807) is 0 Å². The Hall–Kier alpha value is -7.48. The van der Waals surface area contributed by atoms with Gasteiger partial charge in [-0.15, -0.1) is 0 Å². The van der Waals surface area contributed by atoms with Crippen molar-refractivity contribution < 1.29 is 0 Å². The first-order chi connectivity index (χ1) is 29.5. The zero-order chi connectivity index (χ0) is 40.2. The molecule has 0 aliphatic heterocycles. The van der Waals surface area contributed by atoms with Crippen LogP contribution in [0.5, 0.6) is 0 Å². The third kappa shape index (κ3) is 6.10. The molecule has 0 aromatic heterocycles. The summed E-state index contributed by atoms with van der Waals surface area (Å²) in [6.45, 7) is 4.77. The Morgan fingerprint density at radius 1 is 0.300 bits per heavy atom. The fourth-order valence-electron chi connectivity index (χ4n) is 9.49. The van der Waals surface area contributed by atoms with Gasteiger partial charge < -0.3 is 4.90 Å². The summed E-state index contributed by atoms with van der Waals surface area (Å²) in [5.74, 6) is 0. The van der Waals surface area contributed by atoms with Crippen LogP contribution in [-0.2, 0) is 5.41 Å². The summed E-state index contributed by atoms with van der Waals surface area (Å²) in [6, 6.07) is 82.4. The van der Waals surface area contributed by atoms with Crippen molar-refractivity contribution in [3.05, 3.63) is 236 Å². The van der Waals surface area contributed by atoms with Crippen LogP contribution in [0.3, 0.4) is 0 Å². The molecule has 0 fully saturated rings. The van der Waals surface area contributed by atoms with Gasteiger partial charge in [-0.05, 0) is 125 Å². The molecule has 0 spiro atoms. The average Bonchev–Trinajstić information content (AvgIpc) is 3.54. The normalized spacial score (nSPS) is 12.6. The van der Waals surface area contributed by atoms with Crippen LogP contribution < -0.4 is 4.90 Å². The van der Waals surface area contributed by atoms with Crippen molar-refractivity contribution in [2.24, 2.45) is 0 Å². The maximum Gasteiger partial charge on any atom is 0.0540 e. The number of hydrogen-bond donors (Lipinski definition) is 0. The lowest BCUT2D eigenvalue weighted by atomic mass is 9.81. The number of fused-ring (bicyclic) bond motifs is 5. The van der Waals surface area contributed by atoms with Crippen LogP contribution in [0.2, 0.25) is 0 Å². The summed E-state index contributed by atoms with van der Waals surface area (Å²) in [7, 11) is 0. The van der Waals surface area contributed by atoms with E-state index in [0.29, 0.717) is 0 Å². The van der Waals surface area contributed by atoms with E-state index >= 15 is 0 Å². The molecule has 0 heterocycles. The summed E-state index contributed by atoms with van der Waals surface area (Å²) in [5.41, 5.74) is 18.2. The lowest BCUT2D eigenvalue weighted by Gasteiger charge is -2.30. The fourth-order valence-corrected chi connectivity index (χ4v) is 9.49. The molecule has 10 aromatic rings. The topological polar surface area (TPSA) is 3.24 Å². The van der Waals surface area contributed by atoms with Gasteiger partial charge in [0.2, 0.25) is 0 Å². The Balaban J connectivity index is 1.03. The highest BCUT2D eigenvalue weighted by atomic mass is 15.1. The van der Waals surface area contributed by atoms with E-state index < -0.39 is 0 Å². The van der Waals surface area contributed by atoms with E-state index in [4.69, 9.17) is 0 Å². The second kappa shape index (κ2) is 14.4. The highest BCUT2D eigenvalue weighted by molar-refractivity contribution is 5.98. The van der Waals surface area contributed by atoms with Crippen molar-refractivity contribution in [3.63, 3.8) is 0 Å². The van der Waals surface area contributed by atoms with Crippen LogP contribution in [0.15, 0.2) is 224 Å². The van der Waals surface area contributed by atoms with Gasteiger partial charge in [0.25, 0.3) is 0 Å². The first kappa shape index (κ1) is 35.7. The van der Waals surface area contributed by atoms with Crippen molar-refractivity contribution in [3.8, 4) is 55.6 Å². The van der Waals surface area contributed by atoms with Gasteiger partial charge in [0.05, 0.1) is 5.69 Å². The molecule has 0 radical (unpaired) electrons. The summed E-state index contributed by atoms with van der Waals surface area (Å²) in [4.78, 5) is 2.45. The van der Waals surface area contributed by atoms with Crippen molar-refractivity contribution in [1.82, 2.24) is 0 Å². The van der Waals surface area contributed by atoms with Crippen molar-refractivity contribution >= 4 is 38.6 Å². The van der Waals surface area contributed by atoms with Crippen LogP contribution in [0.25, 0.3) is 77.2 Å². The van der Waals surface area contributed by atoms with E-state index in [-0.39, 0.29) is 5.41 Å². The Kier molecular flexibility index (Phi) is 8.57. The molecule has 0 saturated carbocycles. The quantitative estimate of drug-likeness (QED) is 0.156. The molecule has 0 bridgehead atoms. The zero-order valence-electron chi connectivity index (χ0n) is 33.8. The van der Waals surface area contributed by atoms with E-state index in [2.05, 4.69) is 243 Å². The lowest BCUT2D eigenvalue weighted by molar-refractivity contribution is 0.660. The second-order valence-electron chi connectivity index (χ2n) is 16.5. The molecular weight excluding hydrogens is 723 g/mol. The molecule has 0 amide bonds. The van der Waals surface area contributed by atoms with Gasteiger partial charge in [0.15, 0.2) is 0 Å². The van der Waals surface area contributed by atoms with Crippen molar-refractivity contribution in [1.29, 1.82) is 0 Å². The SMILES string of the molecule is CC1(C)c2cc(-c3ccc4ccccc4c3)ccc2-c2ccc(N(c3ccc(-c4cccc5ccccc45)cc3)c3ccccc3-c3ccc(-c4ccccc4)cc3)cc21. The van der Waals surface area contributed by atoms with Crippen LogP contribution in [-0.4, -0.2) is 0 Å². The molecule has 0 saturated heterocycles. The predicted molar refractivity (Wildman–Crippen MR) is 255 cm³/mol. The smallest absolute Gasteiger partial charge is 0.0540 e. The van der Waals surface area contributed by atoms with E-state index in [1.807, 2.05) is 0 Å². The summed E-state index contributed by atoms with van der Waals surface area (Å²) < 4.78 is 0. The van der Waals surface area contributed by atoms with E-state index in [0.717, 1.165) is 17.1 Å². The number of rotatable bonds is 7. The first-order valence-corrected chi connectivity index (χ1v) is 20.9. The maximum atomic E-state index is 2.45. The second-order valence-corrected chi connectivity index (χ2v) is 16.5. The summed E-state index contributed by atoms with van der Waals surface area (Å²) in [6.07, 6.45) is 0. The average molecular weight is 766 g/mol. The number of hydrogen-bond acceptors (Lipinski definition) is 1. The minimum atomic E-state index is -0.204. The molecule has 1 nitrogen and oxygen atoms in total. The summed E-state index contributed by atoms with van der Waals surface area (Å²) in [5, 5.41) is 5.04. The molecular formula is C59H43N. The molecule has 10 aromatic carbocycles. The number of para-hydroxylation sites is 1. The Morgan fingerprint density at radius 3 is 1.63 bits per heavy atom. The van der Waals surface area contributed by atoms with Crippen LogP contribution in [0.1, 0.15) is 25.0 Å². The molecule has 0 unspecified atom stereocenters. The van der Waals surface area contributed by atoms with Gasteiger partial charge >= 0.3 is 0 Å². The highest BCUT2D eigenvalue weighted by Crippen LogP contribution is 2.52. The summed E-state index contributed by atoms with van der Waals surface area (Å²) >= 11 is 0. The Labute approximate surface area is 352 Å². The third-order valence-corrected chi connectivity index (χ3v) is 12.7. The van der Waals surface area contributed by atoms with Gasteiger partial charge in [0.1, 0.15) is 0 Å². The van der Waals surface area contributed by atoms with Crippen LogP contribution in [0.4, 0.5) is 17.1 Å². The molecule has 1 heteroatoms. The first-order valence-electron chi connectivity index (χ1n) is 20.9. The maximum absolute atomic E-state index is 2.45. The van der Waals surface area contributed by atoms with Gasteiger partial charge in [-0.1, -0.05) is 196 Å². The third-order valence-electron chi connectivity index (χ3n) is 12.7. The minimum absolute atomic E-state index is 0.204. The lowest BCUT2D eigenvalue weighted by Crippen LogP contribution is -2.17. The molecule has 1 aliphatic carbocycles. The monoisotopic (exact) mass is 765 g/mol. The van der Waals surface area contributed by atoms with Crippen LogP contribution in [0, 0.1) is 0 Å². The van der Waals surface area contributed by atoms with Gasteiger partial charge in [-0.2, -0.15) is 0 Å². The van der Waals surface area contributed by atoms with E-state index in [1.165, 1.54) is 88.3 Å². The standard InChI is InChI=1S/C59H43N/c1-59(2)56-38-48(47-28-25-41-15-6-7-17-46(41)37-47)31-35-54(56)55-36-34-50(39-57(55)59)60(49-32-29-44(30-33-49)52-21-12-18-43-16-8-9-19-51(43)52)58-22-11-10-20-53(58)45-26-23-42(24-27-45)40-13-4-3-5-14-40/h3-39H,1-2H3. The van der Waals surface area contributed by atoms with Gasteiger partial charge in [-0.3, -0.25) is 0 Å². The Morgan fingerprint density at radius 2 is 0.817 bits per heavy atom. The van der Waals surface area contributed by atoms with E-state index in [9.17, 15) is 0 Å². The van der Waals surface area contributed by atoms with Crippen molar-refractivity contribution in [2.75, 3.05) is 4.90 Å². The molecule has 1 aliphatic rings. The zero-order valence-corrected chi connectivity index (χ0v) is 33.8. The molecule has 284 valence electrons. The molecule has 0 N–H and O–H groups in total. The number of anilines is 3. The highest BCUT2D eigenvalue weighted by Gasteiger charge is 2.36. The number of benzene rings is 10. The predicted octanol–water partition coefficient (Wildman–Crippen LogP) is 16.4. The molecule has 60 heavy (non-hydrogen) atoms. The fraction of sp³-hybridized carbons (Fsp3) is 0.0508. The van der Waals surface area contributed by atoms with Crippen LogP contribution >= 0.6 is 0 Å². The largest absolute Gasteiger partial charge is 0.310 e. The molecule has 0 atom stereocenters. The van der Waals surface area contributed by atoms with Gasteiger partial charge in [0, 0.05) is 22.4 Å². The van der Waals surface area contributed by atoms with Crippen molar-refractivity contribution in [2.45, 2.75) is 19.3 Å². The molecule has 11 rings (SSSR count).